The number of halogens is 4. The van der Waals surface area contributed by atoms with Gasteiger partial charge in [0.2, 0.25) is 5.72 Å². The summed E-state index contributed by atoms with van der Waals surface area (Å²) in [6.07, 6.45) is -5.85. The highest BCUT2D eigenvalue weighted by atomic mass is 19.3. The molecule has 3 rings (SSSR count). The van der Waals surface area contributed by atoms with Gasteiger partial charge in [-0.1, -0.05) is 32.0 Å². The molecule has 1 amide bonds. The molecule has 0 spiro atoms. The van der Waals surface area contributed by atoms with E-state index < -0.39 is 30.2 Å². The lowest BCUT2D eigenvalue weighted by molar-refractivity contribution is -0.146. The highest BCUT2D eigenvalue weighted by Crippen LogP contribution is 2.32. The van der Waals surface area contributed by atoms with Gasteiger partial charge in [0.1, 0.15) is 0 Å². The van der Waals surface area contributed by atoms with Crippen molar-refractivity contribution in [2.75, 3.05) is 0 Å². The van der Waals surface area contributed by atoms with Crippen molar-refractivity contribution in [1.82, 2.24) is 15.4 Å². The second-order valence-corrected chi connectivity index (χ2v) is 7.01. The standard InChI is InChI=1S/C19H19F4N3O2/c1-10(2)7-11-8-13(12-5-3-4-6-14(12)24-11)17(27)26-19(28,18(22)23)9-15(25-26)16(20)21/h3-6,8-10,16,18,25,28H,7H2,1-2H3. The van der Waals surface area contributed by atoms with Crippen molar-refractivity contribution in [3.05, 3.63) is 53.4 Å². The number of para-hydroxylation sites is 1. The number of fused-ring (bicyclic) bond motifs is 1. The maximum Gasteiger partial charge on any atom is 0.291 e. The Hall–Kier alpha value is -2.68. The molecule has 2 N–H and O–H groups in total. The number of rotatable bonds is 5. The molecule has 2 aromatic rings. The summed E-state index contributed by atoms with van der Waals surface area (Å²) in [5, 5.41) is 10.8. The molecule has 1 aromatic heterocycles. The molecule has 150 valence electrons. The lowest BCUT2D eigenvalue weighted by atomic mass is 10.0. The number of benzene rings is 1. The first kappa shape index (κ1) is 20.1. The van der Waals surface area contributed by atoms with Crippen molar-refractivity contribution in [1.29, 1.82) is 0 Å². The van der Waals surface area contributed by atoms with Crippen LogP contribution in [0, 0.1) is 5.92 Å². The maximum absolute atomic E-state index is 13.5. The van der Waals surface area contributed by atoms with E-state index in [1.807, 2.05) is 19.3 Å². The summed E-state index contributed by atoms with van der Waals surface area (Å²) >= 11 is 0. The normalized spacial score (nSPS) is 19.6. The molecule has 0 bridgehead atoms. The highest BCUT2D eigenvalue weighted by Gasteiger charge is 2.51. The number of alkyl halides is 4. The van der Waals surface area contributed by atoms with Gasteiger partial charge in [-0.25, -0.2) is 22.6 Å². The topological polar surface area (TPSA) is 65.5 Å². The Morgan fingerprint density at radius 3 is 2.54 bits per heavy atom. The van der Waals surface area contributed by atoms with E-state index in [-0.39, 0.29) is 22.6 Å². The number of pyridine rings is 1. The average molecular weight is 397 g/mol. The number of hydrogen-bond donors (Lipinski definition) is 2. The van der Waals surface area contributed by atoms with Crippen LogP contribution >= 0.6 is 0 Å². The zero-order chi connectivity index (χ0) is 20.6. The zero-order valence-corrected chi connectivity index (χ0v) is 15.2. The summed E-state index contributed by atoms with van der Waals surface area (Å²) in [7, 11) is 0. The van der Waals surface area contributed by atoms with Gasteiger partial charge in [-0.05, 0) is 24.5 Å². The van der Waals surface area contributed by atoms with Crippen LogP contribution in [0.15, 0.2) is 42.1 Å². The number of amides is 1. The van der Waals surface area contributed by atoms with Crippen molar-refractivity contribution in [3.8, 4) is 0 Å². The molecule has 5 nitrogen and oxygen atoms in total. The van der Waals surface area contributed by atoms with E-state index in [1.54, 1.807) is 24.3 Å². The number of hydrazine groups is 1. The summed E-state index contributed by atoms with van der Waals surface area (Å²) in [5.74, 6) is -0.843. The minimum atomic E-state index is -3.50. The Bertz CT molecular complexity index is 933. The van der Waals surface area contributed by atoms with Crippen molar-refractivity contribution >= 4 is 16.8 Å². The lowest BCUT2D eigenvalue weighted by Crippen LogP contribution is -2.56. The van der Waals surface area contributed by atoms with Gasteiger partial charge in [0.25, 0.3) is 18.8 Å². The second-order valence-electron chi connectivity index (χ2n) is 7.01. The van der Waals surface area contributed by atoms with Crippen LogP contribution in [-0.4, -0.2) is 39.6 Å². The van der Waals surface area contributed by atoms with Crippen LogP contribution in [0.25, 0.3) is 10.9 Å². The van der Waals surface area contributed by atoms with Crippen LogP contribution in [0.5, 0.6) is 0 Å². The molecule has 1 aromatic carbocycles. The fourth-order valence-electron chi connectivity index (χ4n) is 3.08. The fraction of sp³-hybridized carbons (Fsp3) is 0.368. The molecule has 1 aliphatic rings. The summed E-state index contributed by atoms with van der Waals surface area (Å²) in [6.45, 7) is 3.91. The van der Waals surface area contributed by atoms with Crippen LogP contribution in [-0.2, 0) is 6.42 Å². The van der Waals surface area contributed by atoms with Crippen molar-refractivity contribution in [2.45, 2.75) is 38.8 Å². The van der Waals surface area contributed by atoms with E-state index in [2.05, 4.69) is 4.98 Å². The third-order valence-electron chi connectivity index (χ3n) is 4.34. The molecule has 0 saturated heterocycles. The van der Waals surface area contributed by atoms with E-state index in [1.165, 1.54) is 6.07 Å². The number of carbonyl (C=O) groups is 1. The van der Waals surface area contributed by atoms with Crippen LogP contribution in [0.4, 0.5) is 17.6 Å². The van der Waals surface area contributed by atoms with Crippen molar-refractivity contribution in [3.63, 3.8) is 0 Å². The minimum Gasteiger partial charge on any atom is -0.361 e. The molecule has 9 heteroatoms. The number of hydrogen-bond acceptors (Lipinski definition) is 4. The van der Waals surface area contributed by atoms with Gasteiger partial charge in [0.05, 0.1) is 16.8 Å². The van der Waals surface area contributed by atoms with Gasteiger partial charge in [-0.15, -0.1) is 0 Å². The Labute approximate surface area is 158 Å². The number of carbonyl (C=O) groups excluding carboxylic acids is 1. The highest BCUT2D eigenvalue weighted by molar-refractivity contribution is 6.06. The molecule has 28 heavy (non-hydrogen) atoms. The van der Waals surface area contributed by atoms with Crippen LogP contribution in [0.3, 0.4) is 0 Å². The van der Waals surface area contributed by atoms with E-state index in [0.717, 1.165) is 0 Å². The largest absolute Gasteiger partial charge is 0.361 e. The van der Waals surface area contributed by atoms with Gasteiger partial charge in [0.15, 0.2) is 0 Å². The molecule has 1 atom stereocenters. The van der Waals surface area contributed by atoms with Gasteiger partial charge < -0.3 is 5.11 Å². The van der Waals surface area contributed by atoms with Crippen LogP contribution < -0.4 is 5.43 Å². The quantitative estimate of drug-likeness (QED) is 0.758. The number of nitrogens with one attached hydrogen (secondary N) is 1. The molecular weight excluding hydrogens is 378 g/mol. The average Bonchev–Trinajstić information content (AvgIpc) is 2.99. The zero-order valence-electron chi connectivity index (χ0n) is 15.2. The molecule has 2 heterocycles. The van der Waals surface area contributed by atoms with Gasteiger partial charge in [0, 0.05) is 17.2 Å². The fourth-order valence-corrected chi connectivity index (χ4v) is 3.08. The Balaban J connectivity index is 2.10. The Morgan fingerprint density at radius 2 is 1.93 bits per heavy atom. The first-order valence-electron chi connectivity index (χ1n) is 8.64. The first-order valence-corrected chi connectivity index (χ1v) is 8.64. The molecule has 1 unspecified atom stereocenters. The first-order chi connectivity index (χ1) is 13.1. The number of aromatic nitrogens is 1. The van der Waals surface area contributed by atoms with Crippen molar-refractivity contribution < 1.29 is 27.5 Å². The second kappa shape index (κ2) is 7.38. The van der Waals surface area contributed by atoms with Crippen LogP contribution in [0.2, 0.25) is 0 Å². The summed E-state index contributed by atoms with van der Waals surface area (Å²) < 4.78 is 53.0. The van der Waals surface area contributed by atoms with Crippen molar-refractivity contribution in [2.24, 2.45) is 5.92 Å². The SMILES string of the molecule is CC(C)Cc1cc(C(=O)N2NC(C(F)F)=CC2(O)C(F)F)c2ccccc2n1. The summed E-state index contributed by atoms with van der Waals surface area (Å²) in [4.78, 5) is 17.5. The molecule has 1 aliphatic heterocycles. The minimum absolute atomic E-state index is 0.0169. The van der Waals surface area contributed by atoms with E-state index >= 15 is 0 Å². The van der Waals surface area contributed by atoms with Gasteiger partial charge in [-0.2, -0.15) is 0 Å². The van der Waals surface area contributed by atoms with E-state index in [4.69, 9.17) is 0 Å². The molecule has 0 radical (unpaired) electrons. The predicted molar refractivity (Wildman–Crippen MR) is 94.6 cm³/mol. The molecular formula is C19H19F4N3O2. The lowest BCUT2D eigenvalue weighted by Gasteiger charge is -2.32. The predicted octanol–water partition coefficient (Wildman–Crippen LogP) is 3.50. The number of allylic oxidation sites excluding steroid dienone is 1. The van der Waals surface area contributed by atoms with E-state index in [0.29, 0.717) is 23.0 Å². The third-order valence-corrected chi connectivity index (χ3v) is 4.34. The smallest absolute Gasteiger partial charge is 0.291 e. The summed E-state index contributed by atoms with van der Waals surface area (Å²) in [6, 6.07) is 8.03. The maximum atomic E-state index is 13.5. The molecule has 0 fully saturated rings. The monoisotopic (exact) mass is 397 g/mol. The third kappa shape index (κ3) is 3.54. The van der Waals surface area contributed by atoms with Gasteiger partial charge >= 0.3 is 0 Å². The number of nitrogens with zero attached hydrogens (tertiary/aromatic N) is 2. The molecule has 0 aliphatic carbocycles. The van der Waals surface area contributed by atoms with E-state index in [9.17, 15) is 27.5 Å². The molecule has 0 saturated carbocycles. The van der Waals surface area contributed by atoms with Crippen LogP contribution in [0.1, 0.15) is 29.9 Å². The number of aliphatic hydroxyl groups is 1. The van der Waals surface area contributed by atoms with Gasteiger partial charge in [-0.3, -0.25) is 15.2 Å². The Kier molecular flexibility index (Phi) is 5.29. The Morgan fingerprint density at radius 1 is 1.25 bits per heavy atom. The summed E-state index contributed by atoms with van der Waals surface area (Å²) in [5.41, 5.74) is -1.22.